The van der Waals surface area contributed by atoms with Crippen LogP contribution in [0.15, 0.2) is 6.20 Å². The van der Waals surface area contributed by atoms with Crippen LogP contribution in [0.1, 0.15) is 21.6 Å². The van der Waals surface area contributed by atoms with Crippen molar-refractivity contribution in [2.24, 2.45) is 0 Å². The standard InChI is InChI=1S/C8H10NO5P/c1-5-8(11)7(3-10)6(2-9-5)4-14-15(12)13/h2-3,11-13H,4H2,1H3. The van der Waals surface area contributed by atoms with Crippen LogP contribution >= 0.6 is 8.60 Å². The number of aromatic nitrogens is 1. The van der Waals surface area contributed by atoms with Crippen LogP contribution in [0, 0.1) is 6.92 Å². The summed E-state index contributed by atoms with van der Waals surface area (Å²) in [5, 5.41) is 9.47. The average Bonchev–Trinajstić information content (AvgIpc) is 2.19. The topological polar surface area (TPSA) is 99.9 Å². The maximum atomic E-state index is 10.7. The Morgan fingerprint density at radius 1 is 1.60 bits per heavy atom. The van der Waals surface area contributed by atoms with Gasteiger partial charge in [0.1, 0.15) is 5.75 Å². The van der Waals surface area contributed by atoms with Gasteiger partial charge < -0.3 is 19.4 Å². The van der Waals surface area contributed by atoms with E-state index in [0.717, 1.165) is 0 Å². The minimum atomic E-state index is -2.48. The van der Waals surface area contributed by atoms with Gasteiger partial charge in [-0.2, -0.15) is 0 Å². The summed E-state index contributed by atoms with van der Waals surface area (Å²) in [5.74, 6) is -0.216. The Morgan fingerprint density at radius 2 is 2.27 bits per heavy atom. The molecule has 1 aromatic rings. The van der Waals surface area contributed by atoms with Crippen LogP contribution in [-0.2, 0) is 11.1 Å². The number of aldehydes is 1. The number of hydrogen-bond acceptors (Lipinski definition) is 6. The lowest BCUT2D eigenvalue weighted by Crippen LogP contribution is -1.98. The zero-order valence-corrected chi connectivity index (χ0v) is 8.81. The van der Waals surface area contributed by atoms with Gasteiger partial charge in [0.25, 0.3) is 0 Å². The molecule has 0 fully saturated rings. The summed E-state index contributed by atoms with van der Waals surface area (Å²) in [7, 11) is -2.48. The van der Waals surface area contributed by atoms with Gasteiger partial charge in [-0.1, -0.05) is 0 Å². The van der Waals surface area contributed by atoms with Crippen LogP contribution in [0.5, 0.6) is 5.75 Å². The first-order chi connectivity index (χ1) is 7.06. The Kier molecular flexibility index (Phi) is 4.11. The predicted molar refractivity (Wildman–Crippen MR) is 52.2 cm³/mol. The summed E-state index contributed by atoms with van der Waals surface area (Å²) < 4.78 is 4.53. The van der Waals surface area contributed by atoms with Crippen LogP contribution in [0.2, 0.25) is 0 Å². The molecule has 0 spiro atoms. The smallest absolute Gasteiger partial charge is 0.327 e. The Labute approximate surface area is 87.2 Å². The summed E-state index contributed by atoms with van der Waals surface area (Å²) in [6.45, 7) is 1.37. The number of hydrogen-bond donors (Lipinski definition) is 3. The van der Waals surface area contributed by atoms with E-state index in [0.29, 0.717) is 17.5 Å². The van der Waals surface area contributed by atoms with E-state index in [1.54, 1.807) is 6.92 Å². The van der Waals surface area contributed by atoms with Crippen LogP contribution < -0.4 is 0 Å². The van der Waals surface area contributed by atoms with Crippen molar-refractivity contribution >= 4 is 14.9 Å². The molecule has 0 saturated carbocycles. The van der Waals surface area contributed by atoms with Crippen molar-refractivity contribution in [3.05, 3.63) is 23.0 Å². The van der Waals surface area contributed by atoms with E-state index < -0.39 is 8.60 Å². The molecule has 0 radical (unpaired) electrons. The molecule has 0 aliphatic heterocycles. The number of carbonyl (C=O) groups excluding carboxylic acids is 1. The Balaban J connectivity index is 2.97. The molecule has 0 aliphatic rings. The van der Waals surface area contributed by atoms with Crippen molar-refractivity contribution < 1.29 is 24.2 Å². The molecule has 0 aromatic carbocycles. The summed E-state index contributed by atoms with van der Waals surface area (Å²) in [6.07, 6.45) is 1.82. The third-order valence-electron chi connectivity index (χ3n) is 1.81. The zero-order chi connectivity index (χ0) is 11.4. The van der Waals surface area contributed by atoms with Gasteiger partial charge >= 0.3 is 8.60 Å². The Morgan fingerprint density at radius 3 is 2.80 bits per heavy atom. The third-order valence-corrected chi connectivity index (χ3v) is 2.17. The number of pyridine rings is 1. The van der Waals surface area contributed by atoms with Crippen molar-refractivity contribution in [3.63, 3.8) is 0 Å². The fourth-order valence-corrected chi connectivity index (χ4v) is 1.28. The largest absolute Gasteiger partial charge is 0.505 e. The normalized spacial score (nSPS) is 10.7. The first-order valence-electron chi connectivity index (χ1n) is 3.99. The third kappa shape index (κ3) is 2.94. The van der Waals surface area contributed by atoms with Crippen LogP contribution in [-0.4, -0.2) is 26.2 Å². The van der Waals surface area contributed by atoms with E-state index in [2.05, 4.69) is 9.51 Å². The molecule has 0 amide bonds. The quantitative estimate of drug-likeness (QED) is 0.519. The summed E-state index contributed by atoms with van der Waals surface area (Å²) in [5.41, 5.74) is 0.694. The fraction of sp³-hybridized carbons (Fsp3) is 0.250. The van der Waals surface area contributed by atoms with Gasteiger partial charge in [-0.3, -0.25) is 9.78 Å². The van der Waals surface area contributed by atoms with Gasteiger partial charge in [-0.15, -0.1) is 0 Å². The molecule has 82 valence electrons. The van der Waals surface area contributed by atoms with Crippen molar-refractivity contribution in [2.45, 2.75) is 13.5 Å². The molecule has 0 bridgehead atoms. The molecule has 0 unspecified atom stereocenters. The molecule has 1 aromatic heterocycles. The minimum absolute atomic E-state index is 0.0550. The molecular formula is C8H10NO5P. The number of aryl methyl sites for hydroxylation is 1. The summed E-state index contributed by atoms with van der Waals surface area (Å²) in [4.78, 5) is 31.6. The van der Waals surface area contributed by atoms with Gasteiger partial charge in [0.05, 0.1) is 17.9 Å². The van der Waals surface area contributed by atoms with Crippen LogP contribution in [0.3, 0.4) is 0 Å². The highest BCUT2D eigenvalue weighted by Gasteiger charge is 2.12. The Bertz CT molecular complexity index is 368. The van der Waals surface area contributed by atoms with E-state index >= 15 is 0 Å². The first kappa shape index (κ1) is 12.0. The highest BCUT2D eigenvalue weighted by Crippen LogP contribution is 2.29. The maximum absolute atomic E-state index is 10.7. The lowest BCUT2D eigenvalue weighted by atomic mass is 10.1. The van der Waals surface area contributed by atoms with E-state index in [9.17, 15) is 9.90 Å². The number of carbonyl (C=O) groups is 1. The molecule has 7 heteroatoms. The van der Waals surface area contributed by atoms with Crippen LogP contribution in [0.4, 0.5) is 0 Å². The second-order valence-corrected chi connectivity index (χ2v) is 3.54. The number of nitrogens with zero attached hydrogens (tertiary/aromatic N) is 1. The van der Waals surface area contributed by atoms with Crippen molar-refractivity contribution in [1.29, 1.82) is 0 Å². The summed E-state index contributed by atoms with van der Waals surface area (Å²) in [6, 6.07) is 0. The van der Waals surface area contributed by atoms with Gasteiger partial charge in [0, 0.05) is 11.8 Å². The molecular weight excluding hydrogens is 221 g/mol. The van der Waals surface area contributed by atoms with E-state index in [4.69, 9.17) is 9.79 Å². The highest BCUT2D eigenvalue weighted by molar-refractivity contribution is 7.39. The monoisotopic (exact) mass is 231 g/mol. The maximum Gasteiger partial charge on any atom is 0.327 e. The fourth-order valence-electron chi connectivity index (χ4n) is 1.03. The van der Waals surface area contributed by atoms with Crippen molar-refractivity contribution in [2.75, 3.05) is 0 Å². The van der Waals surface area contributed by atoms with Gasteiger partial charge in [0.15, 0.2) is 6.29 Å². The minimum Gasteiger partial charge on any atom is -0.505 e. The van der Waals surface area contributed by atoms with Crippen molar-refractivity contribution in [1.82, 2.24) is 4.98 Å². The number of rotatable bonds is 4. The zero-order valence-electron chi connectivity index (χ0n) is 7.91. The van der Waals surface area contributed by atoms with E-state index in [-0.39, 0.29) is 17.9 Å². The van der Waals surface area contributed by atoms with Crippen molar-refractivity contribution in [3.8, 4) is 5.75 Å². The molecule has 0 saturated heterocycles. The molecule has 0 atom stereocenters. The molecule has 15 heavy (non-hydrogen) atoms. The number of aromatic hydroxyl groups is 1. The second kappa shape index (κ2) is 5.14. The highest BCUT2D eigenvalue weighted by atomic mass is 31.2. The molecule has 0 aliphatic carbocycles. The Hall–Kier alpha value is -1.07. The molecule has 1 rings (SSSR count). The lowest BCUT2D eigenvalue weighted by molar-refractivity contribution is 0.111. The average molecular weight is 231 g/mol. The second-order valence-electron chi connectivity index (χ2n) is 2.78. The summed E-state index contributed by atoms with van der Waals surface area (Å²) >= 11 is 0. The van der Waals surface area contributed by atoms with E-state index in [1.807, 2.05) is 0 Å². The van der Waals surface area contributed by atoms with Gasteiger partial charge in [-0.05, 0) is 6.92 Å². The van der Waals surface area contributed by atoms with Gasteiger partial charge in [-0.25, -0.2) is 0 Å². The van der Waals surface area contributed by atoms with Crippen LogP contribution in [0.25, 0.3) is 0 Å². The molecule has 6 nitrogen and oxygen atoms in total. The molecule has 1 heterocycles. The predicted octanol–water partition coefficient (Wildman–Crippen LogP) is 0.636. The first-order valence-corrected chi connectivity index (χ1v) is 5.16. The van der Waals surface area contributed by atoms with E-state index in [1.165, 1.54) is 6.20 Å². The lowest BCUT2D eigenvalue weighted by Gasteiger charge is -2.08. The van der Waals surface area contributed by atoms with Gasteiger partial charge in [0.2, 0.25) is 0 Å². The molecule has 3 N–H and O–H groups in total. The SMILES string of the molecule is Cc1ncc(COP(O)O)c(C=O)c1O.